The van der Waals surface area contributed by atoms with Crippen molar-refractivity contribution in [1.29, 1.82) is 0 Å². The number of anilines is 1. The molecule has 0 bridgehead atoms. The van der Waals surface area contributed by atoms with Crippen LogP contribution < -0.4 is 11.1 Å². The van der Waals surface area contributed by atoms with E-state index in [4.69, 9.17) is 15.6 Å². The van der Waals surface area contributed by atoms with E-state index >= 15 is 0 Å². The Morgan fingerprint density at radius 1 is 1.12 bits per heavy atom. The second-order valence-corrected chi connectivity index (χ2v) is 11.0. The third-order valence-corrected chi connectivity index (χ3v) is 6.77. The Morgan fingerprint density at radius 3 is 2.61 bits per heavy atom. The maximum atomic E-state index is 13.9. The first-order valence-corrected chi connectivity index (χ1v) is 13.3. The third kappa shape index (κ3) is 6.11. The summed E-state index contributed by atoms with van der Waals surface area (Å²) in [4.78, 5) is 35.4. The van der Waals surface area contributed by atoms with Crippen molar-refractivity contribution in [3.8, 4) is 11.3 Å². The number of nitrogens with zero attached hydrogens (tertiary/aromatic N) is 5. The highest BCUT2D eigenvalue weighted by atomic mass is 19.1. The van der Waals surface area contributed by atoms with Gasteiger partial charge in [-0.1, -0.05) is 24.3 Å². The quantitative estimate of drug-likeness (QED) is 0.355. The van der Waals surface area contributed by atoms with Crippen LogP contribution in [-0.4, -0.2) is 55.3 Å². The second kappa shape index (κ2) is 11.1. The number of fused-ring (bicyclic) bond motifs is 1. The summed E-state index contributed by atoms with van der Waals surface area (Å²) in [6, 6.07) is 9.85. The van der Waals surface area contributed by atoms with Gasteiger partial charge in [-0.2, -0.15) is 5.10 Å². The molecule has 12 heteroatoms. The fourth-order valence-corrected chi connectivity index (χ4v) is 4.83. The summed E-state index contributed by atoms with van der Waals surface area (Å²) in [6.07, 6.45) is 2.60. The summed E-state index contributed by atoms with van der Waals surface area (Å²) < 4.78 is 34.8. The molecular weight excluding hydrogens is 532 g/mol. The molecule has 5 rings (SSSR count). The zero-order valence-electron chi connectivity index (χ0n) is 23.0. The molecule has 0 radical (unpaired) electrons. The first-order chi connectivity index (χ1) is 19.5. The van der Waals surface area contributed by atoms with Gasteiger partial charge in [0.2, 0.25) is 0 Å². The average molecular weight is 564 g/mol. The zero-order valence-corrected chi connectivity index (χ0v) is 23.0. The Labute approximate surface area is 235 Å². The highest BCUT2D eigenvalue weighted by Crippen LogP contribution is 2.34. The summed E-state index contributed by atoms with van der Waals surface area (Å²) in [5, 5.41) is 8.09. The van der Waals surface area contributed by atoms with Gasteiger partial charge in [-0.3, -0.25) is 4.79 Å². The molecule has 3 N–H and O–H groups in total. The van der Waals surface area contributed by atoms with E-state index in [-0.39, 0.29) is 30.1 Å². The Bertz CT molecular complexity index is 1600. The Hall–Kier alpha value is -4.61. The predicted molar refractivity (Wildman–Crippen MR) is 149 cm³/mol. The number of nitrogen functional groups attached to an aromatic ring is 1. The van der Waals surface area contributed by atoms with Crippen LogP contribution in [0.5, 0.6) is 0 Å². The molecule has 1 saturated heterocycles. The number of hydrogen-bond donors (Lipinski definition) is 2. The number of hydrogen-bond acceptors (Lipinski definition) is 7. The van der Waals surface area contributed by atoms with Gasteiger partial charge < -0.3 is 20.7 Å². The predicted octanol–water partition coefficient (Wildman–Crippen LogP) is 4.86. The number of aromatic nitrogens is 4. The van der Waals surface area contributed by atoms with E-state index in [9.17, 15) is 18.4 Å². The highest BCUT2D eigenvalue weighted by molar-refractivity contribution is 5.98. The summed E-state index contributed by atoms with van der Waals surface area (Å²) in [5.74, 6) is -1.92. The highest BCUT2D eigenvalue weighted by Gasteiger charge is 2.31. The van der Waals surface area contributed by atoms with E-state index in [2.05, 4.69) is 15.3 Å². The van der Waals surface area contributed by atoms with Crippen molar-refractivity contribution in [2.45, 2.75) is 51.8 Å². The lowest BCUT2D eigenvalue weighted by atomic mass is 10.1. The molecule has 1 fully saturated rings. The molecular formula is C29H31F2N7O3. The van der Waals surface area contributed by atoms with Gasteiger partial charge in [0.05, 0.1) is 17.0 Å². The van der Waals surface area contributed by atoms with Crippen molar-refractivity contribution < 1.29 is 23.1 Å². The Kier molecular flexibility index (Phi) is 7.57. The van der Waals surface area contributed by atoms with E-state index in [0.29, 0.717) is 29.8 Å². The maximum absolute atomic E-state index is 13.9. The van der Waals surface area contributed by atoms with Gasteiger partial charge in [0, 0.05) is 25.2 Å². The number of nitrogens with two attached hydrogens (primary N) is 1. The standard InChI is InChI=1S/C29H31F2N7O3/c1-29(2,3)41-28(40)37-12-4-5-20(15-37)38-26-23(25(32)34-16-35-26)24(36-38)18-8-6-17(7-9-18)14-33-27(39)21-13-19(30)10-11-22(21)31/h6-11,13,16,20H,4-5,12,14-15H2,1-3H3,(H,33,39)(H2,32,34,35). The number of piperidine rings is 1. The topological polar surface area (TPSA) is 128 Å². The van der Waals surface area contributed by atoms with E-state index in [1.807, 2.05) is 32.9 Å². The number of likely N-dealkylation sites (tertiary alicyclic amines) is 1. The molecule has 1 unspecified atom stereocenters. The number of halogens is 2. The molecule has 1 atom stereocenters. The van der Waals surface area contributed by atoms with Gasteiger partial charge >= 0.3 is 6.09 Å². The van der Waals surface area contributed by atoms with Crippen LogP contribution in [-0.2, 0) is 11.3 Å². The normalized spacial score (nSPS) is 15.6. The van der Waals surface area contributed by atoms with E-state index < -0.39 is 23.1 Å². The van der Waals surface area contributed by atoms with Crippen LogP contribution in [0, 0.1) is 11.6 Å². The molecule has 0 spiro atoms. The number of rotatable bonds is 5. The molecule has 3 heterocycles. The molecule has 2 amide bonds. The maximum Gasteiger partial charge on any atom is 0.410 e. The number of benzene rings is 2. The fourth-order valence-electron chi connectivity index (χ4n) is 4.83. The van der Waals surface area contributed by atoms with Crippen LogP contribution >= 0.6 is 0 Å². The van der Waals surface area contributed by atoms with Crippen LogP contribution in [0.4, 0.5) is 19.4 Å². The van der Waals surface area contributed by atoms with Crippen molar-refractivity contribution >= 4 is 28.9 Å². The van der Waals surface area contributed by atoms with Crippen molar-refractivity contribution in [2.24, 2.45) is 0 Å². The van der Waals surface area contributed by atoms with Gasteiger partial charge in [-0.05, 0) is 57.4 Å². The Morgan fingerprint density at radius 2 is 1.88 bits per heavy atom. The molecule has 4 aromatic rings. The SMILES string of the molecule is CC(C)(C)OC(=O)N1CCCC(n2nc(-c3ccc(CNC(=O)c4cc(F)ccc4F)cc3)c3c(N)ncnc32)C1. The zero-order chi connectivity index (χ0) is 29.3. The third-order valence-electron chi connectivity index (χ3n) is 6.77. The van der Waals surface area contributed by atoms with Crippen LogP contribution in [0.2, 0.25) is 0 Å². The van der Waals surface area contributed by atoms with E-state index in [1.54, 1.807) is 21.7 Å². The second-order valence-electron chi connectivity index (χ2n) is 11.0. The number of amides is 2. The van der Waals surface area contributed by atoms with Gasteiger partial charge in [-0.15, -0.1) is 0 Å². The van der Waals surface area contributed by atoms with Crippen molar-refractivity contribution in [2.75, 3.05) is 18.8 Å². The van der Waals surface area contributed by atoms with Gasteiger partial charge in [-0.25, -0.2) is 28.2 Å². The van der Waals surface area contributed by atoms with Crippen LogP contribution in [0.15, 0.2) is 48.8 Å². The fraction of sp³-hybridized carbons (Fsp3) is 0.345. The minimum atomic E-state index is -0.797. The number of carbonyl (C=O) groups is 2. The molecule has 1 aliphatic heterocycles. The number of carbonyl (C=O) groups excluding carboxylic acids is 2. The van der Waals surface area contributed by atoms with Crippen LogP contribution in [0.1, 0.15) is 55.6 Å². The molecule has 0 saturated carbocycles. The smallest absolute Gasteiger partial charge is 0.410 e. The van der Waals surface area contributed by atoms with E-state index in [1.165, 1.54) is 6.33 Å². The van der Waals surface area contributed by atoms with E-state index in [0.717, 1.165) is 42.2 Å². The first kappa shape index (κ1) is 27.9. The summed E-state index contributed by atoms with van der Waals surface area (Å²) in [7, 11) is 0. The molecule has 10 nitrogen and oxygen atoms in total. The lowest BCUT2D eigenvalue weighted by Gasteiger charge is -2.34. The minimum Gasteiger partial charge on any atom is -0.444 e. The van der Waals surface area contributed by atoms with Crippen LogP contribution in [0.25, 0.3) is 22.3 Å². The molecule has 2 aromatic heterocycles. The van der Waals surface area contributed by atoms with Crippen molar-refractivity contribution in [3.63, 3.8) is 0 Å². The van der Waals surface area contributed by atoms with Gasteiger partial charge in [0.1, 0.15) is 35.1 Å². The van der Waals surface area contributed by atoms with Gasteiger partial charge in [0.25, 0.3) is 5.91 Å². The minimum absolute atomic E-state index is 0.109. The average Bonchev–Trinajstić information content (AvgIpc) is 3.33. The summed E-state index contributed by atoms with van der Waals surface area (Å²) >= 11 is 0. The lowest BCUT2D eigenvalue weighted by Crippen LogP contribution is -2.43. The van der Waals surface area contributed by atoms with Gasteiger partial charge in [0.15, 0.2) is 5.65 Å². The first-order valence-electron chi connectivity index (χ1n) is 13.3. The molecule has 214 valence electrons. The van der Waals surface area contributed by atoms with Crippen LogP contribution in [0.3, 0.4) is 0 Å². The summed E-state index contributed by atoms with van der Waals surface area (Å²) in [6.45, 7) is 6.63. The number of nitrogens with one attached hydrogen (secondary N) is 1. The molecule has 2 aromatic carbocycles. The molecule has 0 aliphatic carbocycles. The largest absolute Gasteiger partial charge is 0.444 e. The lowest BCUT2D eigenvalue weighted by molar-refractivity contribution is 0.0169. The summed E-state index contributed by atoms with van der Waals surface area (Å²) in [5.41, 5.74) is 7.97. The molecule has 41 heavy (non-hydrogen) atoms. The monoisotopic (exact) mass is 563 g/mol. The molecule has 1 aliphatic rings. The Balaban J connectivity index is 1.37. The number of ether oxygens (including phenoxy) is 1. The van der Waals surface area contributed by atoms with Crippen molar-refractivity contribution in [3.05, 3.63) is 71.6 Å². The van der Waals surface area contributed by atoms with Crippen molar-refractivity contribution in [1.82, 2.24) is 30.0 Å².